The molecule has 0 aromatic heterocycles. The summed E-state index contributed by atoms with van der Waals surface area (Å²) in [5.41, 5.74) is 0. The molecule has 4 heavy (non-hydrogen) atoms. The van der Waals surface area contributed by atoms with Crippen molar-refractivity contribution in [2.75, 3.05) is 0 Å². The summed E-state index contributed by atoms with van der Waals surface area (Å²) in [4.78, 5) is 0. The van der Waals surface area contributed by atoms with Crippen LogP contribution in [0.2, 0.25) is 0 Å². The van der Waals surface area contributed by atoms with Crippen LogP contribution in [0.25, 0.3) is 0 Å². The van der Waals surface area contributed by atoms with Gasteiger partial charge in [0.15, 0.2) is 0 Å². The Hall–Kier alpha value is 0.743. The van der Waals surface area contributed by atoms with Gasteiger partial charge < -0.3 is 9.94 Å². The fourth-order valence-electron chi connectivity index (χ4n) is 0. The van der Waals surface area contributed by atoms with E-state index < -0.39 is 0 Å². The predicted octanol–water partition coefficient (Wildman–Crippen LogP) is -2.78. The molecule has 0 aromatic carbocycles. The molecule has 2 nitrogen and oxygen atoms in total. The molecule has 4 heteroatoms. The Morgan fingerprint density at radius 3 is 1.25 bits per heavy atom. The molecule has 0 saturated carbocycles. The van der Waals surface area contributed by atoms with E-state index in [0.29, 0.717) is 10.1 Å². The van der Waals surface area contributed by atoms with Crippen LogP contribution in [0.1, 0.15) is 0 Å². The van der Waals surface area contributed by atoms with Crippen LogP contribution in [0.4, 0.5) is 0 Å². The maximum absolute atomic E-state index is 8.28. The van der Waals surface area contributed by atoms with Crippen LogP contribution in [0.3, 0.4) is 0 Å². The fourth-order valence-corrected chi connectivity index (χ4v) is 0. The summed E-state index contributed by atoms with van der Waals surface area (Å²) in [6, 6.07) is 0. The van der Waals surface area contributed by atoms with Crippen molar-refractivity contribution in [3.8, 4) is 0 Å². The first-order valence-corrected chi connectivity index (χ1v) is 0.866. The summed E-state index contributed by atoms with van der Waals surface area (Å²) in [6.45, 7) is 0. The van der Waals surface area contributed by atoms with Crippen molar-refractivity contribution in [1.29, 1.82) is 0 Å². The third kappa shape index (κ3) is 15.1. The van der Waals surface area contributed by atoms with E-state index in [1.54, 1.807) is 0 Å². The van der Waals surface area contributed by atoms with Gasteiger partial charge in [0.1, 0.15) is 0 Å². The van der Waals surface area contributed by atoms with E-state index >= 15 is 0 Å². The van der Waals surface area contributed by atoms with Gasteiger partial charge in [0.25, 0.3) is 0 Å². The SMILES string of the molecule is O.O=[SiH2].[MgH2]. The second kappa shape index (κ2) is 51.0. The second-order valence-electron chi connectivity index (χ2n) is 0. The van der Waals surface area contributed by atoms with Gasteiger partial charge >= 0.3 is 23.1 Å². The van der Waals surface area contributed by atoms with Gasteiger partial charge in [-0.05, 0) is 0 Å². The summed E-state index contributed by atoms with van der Waals surface area (Å²) in [5, 5.41) is 0. The van der Waals surface area contributed by atoms with Crippen molar-refractivity contribution in [1.82, 2.24) is 0 Å². The van der Waals surface area contributed by atoms with Crippen molar-refractivity contribution in [3.63, 3.8) is 0 Å². The van der Waals surface area contributed by atoms with E-state index in [2.05, 4.69) is 0 Å². The van der Waals surface area contributed by atoms with E-state index in [1.807, 2.05) is 0 Å². The molecular formula is H6MgO2Si. The zero-order valence-corrected chi connectivity index (χ0v) is 3.03. The van der Waals surface area contributed by atoms with Crippen molar-refractivity contribution < 1.29 is 9.94 Å². The molecule has 0 aliphatic carbocycles. The van der Waals surface area contributed by atoms with Gasteiger partial charge in [-0.1, -0.05) is 0 Å². The highest BCUT2D eigenvalue weighted by atomic mass is 28.1. The molecule has 0 unspecified atom stereocenters. The van der Waals surface area contributed by atoms with Gasteiger partial charge in [-0.15, -0.1) is 0 Å². The van der Waals surface area contributed by atoms with Crippen LogP contribution in [-0.4, -0.2) is 38.7 Å². The summed E-state index contributed by atoms with van der Waals surface area (Å²) in [7, 11) is 0.611. The fraction of sp³-hybridized carbons (Fsp3) is 0. The Morgan fingerprint density at radius 1 is 1.25 bits per heavy atom. The van der Waals surface area contributed by atoms with Crippen LogP contribution in [0.15, 0.2) is 0 Å². The zero-order chi connectivity index (χ0) is 2.00. The lowest BCUT2D eigenvalue weighted by Crippen LogP contribution is -0.969. The highest BCUT2D eigenvalue weighted by Gasteiger charge is 0.701. The van der Waals surface area contributed by atoms with E-state index in [1.165, 1.54) is 0 Å². The topological polar surface area (TPSA) is 48.6 Å². The molecule has 0 radical (unpaired) electrons. The van der Waals surface area contributed by atoms with Crippen LogP contribution in [-0.2, 0) is 4.46 Å². The van der Waals surface area contributed by atoms with Gasteiger partial charge in [-0.25, -0.2) is 0 Å². The Labute approximate surface area is 43.5 Å². The summed E-state index contributed by atoms with van der Waals surface area (Å²) in [6.07, 6.45) is 0. The van der Waals surface area contributed by atoms with Gasteiger partial charge in [0.05, 0.1) is 0 Å². The molecule has 0 atom stereocenters. The first kappa shape index (κ1) is 21.9. The summed E-state index contributed by atoms with van der Waals surface area (Å²) >= 11 is 0. The largest absolute Gasteiger partial charge is 0.412 e. The normalized spacial score (nSPS) is 1.00. The monoisotopic (exact) mass is 90.0 g/mol. The van der Waals surface area contributed by atoms with E-state index in [9.17, 15) is 0 Å². The van der Waals surface area contributed by atoms with E-state index in [0.717, 1.165) is 0 Å². The smallest absolute Gasteiger partial charge is 0.316 e. The molecule has 2 N–H and O–H groups in total. The molecule has 0 aromatic rings. The number of rotatable bonds is 0. The van der Waals surface area contributed by atoms with Crippen molar-refractivity contribution in [3.05, 3.63) is 0 Å². The highest BCUT2D eigenvalue weighted by molar-refractivity contribution is 5.85. The minimum atomic E-state index is 0. The average molecular weight is 90.4 g/mol. The van der Waals surface area contributed by atoms with Crippen molar-refractivity contribution in [2.24, 2.45) is 0 Å². The van der Waals surface area contributed by atoms with E-state index in [4.69, 9.17) is 4.46 Å². The van der Waals surface area contributed by atoms with Crippen LogP contribution in [0, 0.1) is 0 Å². The van der Waals surface area contributed by atoms with Crippen molar-refractivity contribution in [2.45, 2.75) is 0 Å². The lowest BCUT2D eigenvalue weighted by Gasteiger charge is -0.852. The van der Waals surface area contributed by atoms with E-state index in [-0.39, 0.29) is 28.5 Å². The minimum absolute atomic E-state index is 0. The lowest BCUT2D eigenvalue weighted by atomic mass is 16.0. The Bertz CT molecular complexity index is 6.00. The summed E-state index contributed by atoms with van der Waals surface area (Å²) < 4.78 is 8.28. The third-order valence-electron chi connectivity index (χ3n) is 0. The minimum Gasteiger partial charge on any atom is -0.412 e. The Morgan fingerprint density at radius 2 is 1.25 bits per heavy atom. The standard InChI is InChI=1S/Mg.H2OSi.H2O.2H/c;1-2;;;/h;2H2;1H2;;. The van der Waals surface area contributed by atoms with Gasteiger partial charge in [-0.3, -0.25) is 0 Å². The molecule has 0 aliphatic rings. The number of hydrogen-bond acceptors (Lipinski definition) is 1. The maximum Gasteiger partial charge on any atom is 0.316 e. The molecule has 24 valence electrons. The molecule has 0 rings (SSSR count). The molecular weight excluding hydrogens is 84.4 g/mol. The Balaban J connectivity index is -0.00000000500. The molecule has 0 fully saturated rings. The first-order chi connectivity index (χ1) is 1.00. The average Bonchev–Trinajstić information content (AvgIpc) is 1.00. The van der Waals surface area contributed by atoms with Gasteiger partial charge in [0, 0.05) is 0 Å². The molecule has 0 heterocycles. The van der Waals surface area contributed by atoms with Crippen LogP contribution < -0.4 is 0 Å². The molecule has 0 amide bonds. The lowest BCUT2D eigenvalue weighted by molar-refractivity contribution is 0.590. The Kier molecular flexibility index (Phi) is 279. The second-order valence-corrected chi connectivity index (χ2v) is 0. The zero-order valence-electron chi connectivity index (χ0n) is 1.62. The third-order valence-corrected chi connectivity index (χ3v) is 0. The molecule has 0 saturated heterocycles. The highest BCUT2D eigenvalue weighted by Crippen LogP contribution is 0.469. The number of hydrogen-bond donors (Lipinski definition) is 0. The van der Waals surface area contributed by atoms with Crippen LogP contribution >= 0.6 is 0 Å². The molecule has 0 bridgehead atoms. The molecule has 0 spiro atoms. The van der Waals surface area contributed by atoms with Crippen molar-refractivity contribution >= 4 is 33.2 Å². The first-order valence-electron chi connectivity index (χ1n) is 0.289. The van der Waals surface area contributed by atoms with Gasteiger partial charge in [0.2, 0.25) is 10.1 Å². The quantitative estimate of drug-likeness (QED) is 0.297. The summed E-state index contributed by atoms with van der Waals surface area (Å²) in [5.74, 6) is 0. The predicted molar refractivity (Wildman–Crippen MR) is 21.4 cm³/mol. The maximum atomic E-state index is 8.28. The molecule has 0 aliphatic heterocycles. The van der Waals surface area contributed by atoms with Crippen LogP contribution in [0.5, 0.6) is 0 Å². The van der Waals surface area contributed by atoms with Gasteiger partial charge in [-0.2, -0.15) is 0 Å².